The van der Waals surface area contributed by atoms with Crippen LogP contribution in [-0.4, -0.2) is 8.80 Å². The average molecular weight is 239 g/mol. The number of aryl methyl sites for hydroxylation is 2. The van der Waals surface area contributed by atoms with Gasteiger partial charge in [-0.2, -0.15) is 0 Å². The van der Waals surface area contributed by atoms with Crippen molar-refractivity contribution in [2.75, 3.05) is 0 Å². The molecule has 0 unspecified atom stereocenters. The first-order chi connectivity index (χ1) is 7.97. The Morgan fingerprint density at radius 2 is 1.47 bits per heavy atom. The van der Waals surface area contributed by atoms with Gasteiger partial charge in [-0.05, 0) is 44.4 Å². The molecule has 1 aromatic carbocycles. The average Bonchev–Trinajstić information content (AvgIpc) is 2.23. The molecule has 1 heteroatoms. The Labute approximate surface area is 107 Å². The zero-order valence-electron chi connectivity index (χ0n) is 11.6. The van der Waals surface area contributed by atoms with E-state index in [2.05, 4.69) is 63.2 Å². The summed E-state index contributed by atoms with van der Waals surface area (Å²) in [5, 5.41) is 0. The lowest BCUT2D eigenvalue weighted by molar-refractivity contribution is 1.27. The Morgan fingerprint density at radius 3 is 1.94 bits per heavy atom. The van der Waals surface area contributed by atoms with Crippen LogP contribution < -0.4 is 0 Å². The van der Waals surface area contributed by atoms with Crippen molar-refractivity contribution in [2.45, 2.75) is 40.8 Å². The molecule has 0 amide bonds. The zero-order chi connectivity index (χ0) is 13.0. The maximum Gasteiger partial charge on any atom is 0.138 e. The van der Waals surface area contributed by atoms with E-state index < -0.39 is 8.80 Å². The van der Waals surface area contributed by atoms with Crippen molar-refractivity contribution in [3.05, 3.63) is 33.9 Å². The highest BCUT2D eigenvalue weighted by atomic mass is 28.3. The van der Waals surface area contributed by atoms with Crippen LogP contribution in [0.15, 0.2) is 6.07 Å². The molecular formula is C16H19Si. The van der Waals surface area contributed by atoms with Crippen molar-refractivity contribution >= 4 is 8.80 Å². The maximum absolute atomic E-state index is 3.34. The van der Waals surface area contributed by atoms with Gasteiger partial charge in [0.1, 0.15) is 8.80 Å². The molecule has 0 saturated carbocycles. The van der Waals surface area contributed by atoms with E-state index in [9.17, 15) is 0 Å². The van der Waals surface area contributed by atoms with Crippen molar-refractivity contribution in [1.82, 2.24) is 0 Å². The molecule has 0 nitrogen and oxygen atoms in total. The second kappa shape index (κ2) is 5.76. The number of hydrogen-bond donors (Lipinski definition) is 0. The van der Waals surface area contributed by atoms with Crippen molar-refractivity contribution in [3.63, 3.8) is 0 Å². The second-order valence-corrected chi connectivity index (χ2v) is 6.76. The summed E-state index contributed by atoms with van der Waals surface area (Å²) in [5.74, 6) is 9.51. The van der Waals surface area contributed by atoms with Gasteiger partial charge in [-0.15, -0.1) is 11.5 Å². The van der Waals surface area contributed by atoms with Crippen LogP contribution in [0.1, 0.15) is 34.7 Å². The first-order valence-electron chi connectivity index (χ1n) is 5.83. The van der Waals surface area contributed by atoms with Gasteiger partial charge in [-0.1, -0.05) is 31.0 Å². The molecule has 1 radical (unpaired) electrons. The van der Waals surface area contributed by atoms with Gasteiger partial charge in [0, 0.05) is 11.1 Å². The quantitative estimate of drug-likeness (QED) is 0.479. The van der Waals surface area contributed by atoms with Gasteiger partial charge in [0.05, 0.1) is 0 Å². The van der Waals surface area contributed by atoms with Gasteiger partial charge in [-0.25, -0.2) is 0 Å². The van der Waals surface area contributed by atoms with E-state index in [-0.39, 0.29) is 0 Å². The molecule has 0 aliphatic heterocycles. The Hall–Kier alpha value is -1.44. The van der Waals surface area contributed by atoms with Gasteiger partial charge in [0.2, 0.25) is 0 Å². The first kappa shape index (κ1) is 13.6. The van der Waals surface area contributed by atoms with Gasteiger partial charge in [-0.3, -0.25) is 0 Å². The maximum atomic E-state index is 3.34. The van der Waals surface area contributed by atoms with Gasteiger partial charge >= 0.3 is 0 Å². The van der Waals surface area contributed by atoms with E-state index in [1.54, 1.807) is 0 Å². The fourth-order valence-corrected chi connectivity index (χ4v) is 2.26. The Bertz CT molecular complexity index is 543. The lowest BCUT2D eigenvalue weighted by Gasteiger charge is -2.09. The van der Waals surface area contributed by atoms with Crippen molar-refractivity contribution in [2.24, 2.45) is 0 Å². The Balaban J connectivity index is 3.46. The van der Waals surface area contributed by atoms with Gasteiger partial charge in [0.25, 0.3) is 0 Å². The summed E-state index contributed by atoms with van der Waals surface area (Å²) >= 11 is 0. The van der Waals surface area contributed by atoms with Gasteiger partial charge < -0.3 is 0 Å². The Kier molecular flexibility index (Phi) is 4.61. The SMILES string of the molecule is CC#Cc1c(C)cc(C)c(C#C[Si](C)C)c1C. The number of benzene rings is 1. The molecule has 87 valence electrons. The summed E-state index contributed by atoms with van der Waals surface area (Å²) in [5.41, 5.74) is 9.38. The fraction of sp³-hybridized carbons (Fsp3) is 0.375. The third kappa shape index (κ3) is 3.25. The molecule has 0 aromatic heterocycles. The smallest absolute Gasteiger partial charge is 0.128 e. The summed E-state index contributed by atoms with van der Waals surface area (Å²) < 4.78 is 0. The third-order valence-corrected chi connectivity index (χ3v) is 3.28. The summed E-state index contributed by atoms with van der Waals surface area (Å²) in [6, 6.07) is 2.19. The monoisotopic (exact) mass is 239 g/mol. The van der Waals surface area contributed by atoms with Crippen molar-refractivity contribution in [1.29, 1.82) is 0 Å². The molecule has 0 aliphatic carbocycles. The molecule has 0 spiro atoms. The topological polar surface area (TPSA) is 0 Å². The largest absolute Gasteiger partial charge is 0.138 e. The Morgan fingerprint density at radius 1 is 0.941 bits per heavy atom. The molecular weight excluding hydrogens is 220 g/mol. The van der Waals surface area contributed by atoms with Crippen molar-refractivity contribution < 1.29 is 0 Å². The minimum absolute atomic E-state index is 0.497. The molecule has 0 heterocycles. The van der Waals surface area contributed by atoms with Crippen LogP contribution in [0.4, 0.5) is 0 Å². The van der Waals surface area contributed by atoms with Crippen LogP contribution >= 0.6 is 0 Å². The van der Waals surface area contributed by atoms with Gasteiger partial charge in [0.15, 0.2) is 0 Å². The molecule has 0 saturated heterocycles. The van der Waals surface area contributed by atoms with Crippen LogP contribution in [0.25, 0.3) is 0 Å². The second-order valence-electron chi connectivity index (χ2n) is 4.51. The zero-order valence-corrected chi connectivity index (χ0v) is 12.6. The molecule has 17 heavy (non-hydrogen) atoms. The molecule has 0 N–H and O–H groups in total. The summed E-state index contributed by atoms with van der Waals surface area (Å²) in [4.78, 5) is 0. The highest BCUT2D eigenvalue weighted by Gasteiger charge is 2.07. The predicted octanol–water partition coefficient (Wildman–Crippen LogP) is 3.63. The third-order valence-electron chi connectivity index (χ3n) is 2.66. The van der Waals surface area contributed by atoms with Crippen LogP contribution in [0.3, 0.4) is 0 Å². The van der Waals surface area contributed by atoms with Crippen LogP contribution in [0, 0.1) is 44.1 Å². The number of rotatable bonds is 0. The molecule has 0 fully saturated rings. The van der Waals surface area contributed by atoms with E-state index in [0.717, 1.165) is 5.56 Å². The standard InChI is InChI=1S/C16H19Si/c1-7-8-15-12(2)11-13(3)16(14(15)4)9-10-17(5)6/h11H,1-6H3. The van der Waals surface area contributed by atoms with E-state index >= 15 is 0 Å². The molecule has 0 aliphatic rings. The molecule has 1 aromatic rings. The molecule has 0 atom stereocenters. The van der Waals surface area contributed by atoms with E-state index in [1.807, 2.05) is 6.92 Å². The van der Waals surface area contributed by atoms with E-state index in [0.29, 0.717) is 0 Å². The van der Waals surface area contributed by atoms with Crippen LogP contribution in [0.5, 0.6) is 0 Å². The van der Waals surface area contributed by atoms with Crippen LogP contribution in [-0.2, 0) is 0 Å². The first-order valence-corrected chi connectivity index (χ1v) is 8.33. The van der Waals surface area contributed by atoms with E-state index in [4.69, 9.17) is 0 Å². The summed E-state index contributed by atoms with van der Waals surface area (Å²) in [6.45, 7) is 12.7. The predicted molar refractivity (Wildman–Crippen MR) is 77.6 cm³/mol. The van der Waals surface area contributed by atoms with Crippen LogP contribution in [0.2, 0.25) is 13.1 Å². The summed E-state index contributed by atoms with van der Waals surface area (Å²) in [7, 11) is -0.497. The van der Waals surface area contributed by atoms with E-state index in [1.165, 1.54) is 22.3 Å². The highest BCUT2D eigenvalue weighted by molar-refractivity contribution is 6.64. The fourth-order valence-electron chi connectivity index (χ4n) is 1.88. The lowest BCUT2D eigenvalue weighted by Crippen LogP contribution is -1.98. The minimum atomic E-state index is -0.497. The minimum Gasteiger partial charge on any atom is -0.128 e. The normalized spacial score (nSPS) is 9.35. The number of hydrogen-bond acceptors (Lipinski definition) is 0. The highest BCUT2D eigenvalue weighted by Crippen LogP contribution is 2.20. The molecule has 0 bridgehead atoms. The lowest BCUT2D eigenvalue weighted by atomic mass is 9.94. The molecule has 1 rings (SSSR count). The van der Waals surface area contributed by atoms with Crippen molar-refractivity contribution in [3.8, 4) is 23.3 Å². The summed E-state index contributed by atoms with van der Waals surface area (Å²) in [6.07, 6.45) is 0.